The van der Waals surface area contributed by atoms with E-state index in [-0.39, 0.29) is 0 Å². The molecule has 0 unspecified atom stereocenters. The second-order valence-corrected chi connectivity index (χ2v) is 6.89. The van der Waals surface area contributed by atoms with E-state index in [2.05, 4.69) is 91.5 Å². The van der Waals surface area contributed by atoms with Crippen molar-refractivity contribution in [1.82, 2.24) is 5.32 Å². The molecule has 1 heterocycles. The summed E-state index contributed by atoms with van der Waals surface area (Å²) in [6.45, 7) is 4.49. The number of nitrogens with one attached hydrogen (secondary N) is 1. The fourth-order valence-electron chi connectivity index (χ4n) is 4.09. The molecule has 1 fully saturated rings. The SMILES string of the molecule is C[C@H]([CH][C@H]1CNC[C@@H]1c1ccccc1)c1cccc2ccccc12. The predicted octanol–water partition coefficient (Wildman–Crippen LogP) is 5.15. The molecule has 0 aliphatic carbocycles. The van der Waals surface area contributed by atoms with Crippen molar-refractivity contribution in [2.24, 2.45) is 5.92 Å². The Morgan fingerprint density at radius 1 is 0.875 bits per heavy atom. The third-order valence-corrected chi connectivity index (χ3v) is 5.34. The molecule has 0 spiro atoms. The van der Waals surface area contributed by atoms with Gasteiger partial charge in [-0.2, -0.15) is 0 Å². The Hall–Kier alpha value is -2.12. The first-order chi connectivity index (χ1) is 11.8. The largest absolute Gasteiger partial charge is 0.316 e. The minimum Gasteiger partial charge on any atom is -0.316 e. The zero-order valence-corrected chi connectivity index (χ0v) is 14.2. The molecular weight excluding hydrogens is 290 g/mol. The maximum Gasteiger partial charge on any atom is 0.00235 e. The Kier molecular flexibility index (Phi) is 4.36. The lowest BCUT2D eigenvalue weighted by molar-refractivity contribution is 0.554. The van der Waals surface area contributed by atoms with Crippen molar-refractivity contribution >= 4 is 10.8 Å². The topological polar surface area (TPSA) is 12.0 Å². The van der Waals surface area contributed by atoms with Crippen LogP contribution in [0.4, 0.5) is 0 Å². The summed E-state index contributed by atoms with van der Waals surface area (Å²) in [5.74, 6) is 1.62. The first-order valence-corrected chi connectivity index (χ1v) is 8.91. The Morgan fingerprint density at radius 3 is 2.50 bits per heavy atom. The average molecular weight is 314 g/mol. The maximum absolute atomic E-state index is 3.58. The predicted molar refractivity (Wildman–Crippen MR) is 102 cm³/mol. The Bertz CT molecular complexity index is 803. The molecule has 3 atom stereocenters. The first-order valence-electron chi connectivity index (χ1n) is 8.91. The van der Waals surface area contributed by atoms with Gasteiger partial charge in [-0.1, -0.05) is 79.7 Å². The van der Waals surface area contributed by atoms with Gasteiger partial charge >= 0.3 is 0 Å². The molecule has 121 valence electrons. The molecule has 1 heteroatoms. The minimum atomic E-state index is 0.451. The van der Waals surface area contributed by atoms with Crippen LogP contribution in [0.1, 0.15) is 29.9 Å². The highest BCUT2D eigenvalue weighted by molar-refractivity contribution is 5.86. The van der Waals surface area contributed by atoms with Gasteiger partial charge in [-0.05, 0) is 46.7 Å². The lowest BCUT2D eigenvalue weighted by atomic mass is 9.80. The van der Waals surface area contributed by atoms with E-state index in [1.807, 2.05) is 0 Å². The Morgan fingerprint density at radius 2 is 1.62 bits per heavy atom. The summed E-state index contributed by atoms with van der Waals surface area (Å²) in [6, 6.07) is 26.3. The van der Waals surface area contributed by atoms with E-state index in [9.17, 15) is 0 Å². The summed E-state index contributed by atoms with van der Waals surface area (Å²) in [4.78, 5) is 0. The smallest absolute Gasteiger partial charge is 0.00235 e. The molecular formula is C23H24N. The van der Waals surface area contributed by atoms with Gasteiger partial charge in [0.25, 0.3) is 0 Å². The second kappa shape index (κ2) is 6.78. The van der Waals surface area contributed by atoms with Gasteiger partial charge in [-0.15, -0.1) is 0 Å². The highest BCUT2D eigenvalue weighted by Gasteiger charge is 2.30. The number of rotatable bonds is 4. The Labute approximate surface area is 144 Å². The first kappa shape index (κ1) is 15.4. The van der Waals surface area contributed by atoms with Crippen LogP contribution in [0, 0.1) is 12.3 Å². The van der Waals surface area contributed by atoms with E-state index in [1.54, 1.807) is 0 Å². The normalized spacial score (nSPS) is 21.9. The van der Waals surface area contributed by atoms with E-state index in [4.69, 9.17) is 0 Å². The van der Waals surface area contributed by atoms with E-state index < -0.39 is 0 Å². The van der Waals surface area contributed by atoms with Crippen LogP contribution in [-0.4, -0.2) is 13.1 Å². The summed E-state index contributed by atoms with van der Waals surface area (Å²) in [7, 11) is 0. The maximum atomic E-state index is 3.58. The number of benzene rings is 3. The number of fused-ring (bicyclic) bond motifs is 1. The average Bonchev–Trinajstić information content (AvgIpc) is 3.10. The molecule has 24 heavy (non-hydrogen) atoms. The lowest BCUT2D eigenvalue weighted by Crippen LogP contribution is -2.15. The van der Waals surface area contributed by atoms with Crippen LogP contribution >= 0.6 is 0 Å². The van der Waals surface area contributed by atoms with Gasteiger partial charge in [0, 0.05) is 12.5 Å². The van der Waals surface area contributed by atoms with Crippen molar-refractivity contribution in [2.45, 2.75) is 18.8 Å². The fraction of sp³-hybridized carbons (Fsp3) is 0.261. The standard InChI is InChI=1S/C23H24N/c1-17(21-13-7-11-18-10-5-6-12-22(18)21)14-20-15-24-16-23(20)19-8-3-2-4-9-19/h2-14,17,20,23-24H,15-16H2,1H3/t17-,20+,23-/m1/s1. The third kappa shape index (κ3) is 2.97. The zero-order chi connectivity index (χ0) is 16.4. The number of hydrogen-bond acceptors (Lipinski definition) is 1. The van der Waals surface area contributed by atoms with Crippen LogP contribution in [0.2, 0.25) is 0 Å². The van der Waals surface area contributed by atoms with Crippen LogP contribution in [0.5, 0.6) is 0 Å². The van der Waals surface area contributed by atoms with Gasteiger partial charge in [-0.3, -0.25) is 0 Å². The highest BCUT2D eigenvalue weighted by Crippen LogP contribution is 2.36. The fourth-order valence-corrected chi connectivity index (χ4v) is 4.09. The molecule has 0 bridgehead atoms. The number of hydrogen-bond donors (Lipinski definition) is 1. The summed E-state index contributed by atoms with van der Waals surface area (Å²) >= 11 is 0. The minimum absolute atomic E-state index is 0.451. The van der Waals surface area contributed by atoms with Crippen molar-refractivity contribution < 1.29 is 0 Å². The van der Waals surface area contributed by atoms with Crippen molar-refractivity contribution in [1.29, 1.82) is 0 Å². The molecule has 3 aromatic carbocycles. The Balaban J connectivity index is 1.58. The van der Waals surface area contributed by atoms with Gasteiger partial charge in [0.1, 0.15) is 0 Å². The highest BCUT2D eigenvalue weighted by atomic mass is 14.9. The third-order valence-electron chi connectivity index (χ3n) is 5.34. The van der Waals surface area contributed by atoms with Crippen molar-refractivity contribution in [2.75, 3.05) is 13.1 Å². The van der Waals surface area contributed by atoms with Gasteiger partial charge in [0.2, 0.25) is 0 Å². The second-order valence-electron chi connectivity index (χ2n) is 6.89. The zero-order valence-electron chi connectivity index (χ0n) is 14.2. The van der Waals surface area contributed by atoms with E-state index in [1.165, 1.54) is 21.9 Å². The van der Waals surface area contributed by atoms with E-state index >= 15 is 0 Å². The molecule has 3 aromatic rings. The van der Waals surface area contributed by atoms with Crippen LogP contribution in [0.25, 0.3) is 10.8 Å². The van der Waals surface area contributed by atoms with Gasteiger partial charge in [0.15, 0.2) is 0 Å². The molecule has 1 aliphatic heterocycles. The molecule has 0 amide bonds. The monoisotopic (exact) mass is 314 g/mol. The molecule has 1 saturated heterocycles. The molecule has 0 aromatic heterocycles. The van der Waals surface area contributed by atoms with E-state index in [0.29, 0.717) is 17.8 Å². The van der Waals surface area contributed by atoms with Crippen LogP contribution in [0.3, 0.4) is 0 Å². The molecule has 4 rings (SSSR count). The summed E-state index contributed by atoms with van der Waals surface area (Å²) in [6.07, 6.45) is 2.56. The van der Waals surface area contributed by atoms with Gasteiger partial charge in [-0.25, -0.2) is 0 Å². The quantitative estimate of drug-likeness (QED) is 0.702. The van der Waals surface area contributed by atoms with Crippen molar-refractivity contribution in [3.63, 3.8) is 0 Å². The molecule has 1 N–H and O–H groups in total. The summed E-state index contributed by atoms with van der Waals surface area (Å²) < 4.78 is 0. The van der Waals surface area contributed by atoms with Crippen molar-refractivity contribution in [3.05, 3.63) is 90.3 Å². The lowest BCUT2D eigenvalue weighted by Gasteiger charge is -2.23. The summed E-state index contributed by atoms with van der Waals surface area (Å²) in [5, 5.41) is 6.30. The van der Waals surface area contributed by atoms with Crippen molar-refractivity contribution in [3.8, 4) is 0 Å². The van der Waals surface area contributed by atoms with E-state index in [0.717, 1.165) is 13.1 Å². The molecule has 1 aliphatic rings. The van der Waals surface area contributed by atoms with Gasteiger partial charge in [0.05, 0.1) is 0 Å². The van der Waals surface area contributed by atoms with Crippen LogP contribution < -0.4 is 5.32 Å². The summed E-state index contributed by atoms with van der Waals surface area (Å²) in [5.41, 5.74) is 2.89. The van der Waals surface area contributed by atoms with Crippen LogP contribution in [-0.2, 0) is 0 Å². The van der Waals surface area contributed by atoms with Gasteiger partial charge < -0.3 is 5.32 Å². The van der Waals surface area contributed by atoms with Crippen LogP contribution in [0.15, 0.2) is 72.8 Å². The molecule has 1 radical (unpaired) electrons. The molecule has 1 nitrogen and oxygen atoms in total. The molecule has 0 saturated carbocycles.